The molecule has 1 saturated heterocycles. The number of aliphatic hydroxyl groups is 1. The van der Waals surface area contributed by atoms with Gasteiger partial charge < -0.3 is 10.2 Å². The Balaban J connectivity index is 1.54. The molecule has 30 heavy (non-hydrogen) atoms. The zero-order chi connectivity index (χ0) is 20.8. The van der Waals surface area contributed by atoms with E-state index in [-0.39, 0.29) is 11.5 Å². The summed E-state index contributed by atoms with van der Waals surface area (Å²) >= 11 is 0. The second-order valence-corrected chi connectivity index (χ2v) is 10.7. The molecule has 2 fully saturated rings. The highest BCUT2D eigenvalue weighted by Gasteiger charge is 2.65. The maximum absolute atomic E-state index is 12.6. The molecule has 5 heteroatoms. The van der Waals surface area contributed by atoms with Crippen LogP contribution >= 0.6 is 0 Å². The average Bonchev–Trinajstić information content (AvgIpc) is 3.46. The number of nitrogens with zero attached hydrogens (tertiary/aromatic N) is 3. The lowest BCUT2D eigenvalue weighted by Gasteiger charge is -2.63. The van der Waals surface area contributed by atoms with E-state index in [9.17, 15) is 10.2 Å². The van der Waals surface area contributed by atoms with Gasteiger partial charge in [0.1, 0.15) is 5.75 Å². The van der Waals surface area contributed by atoms with E-state index in [0.717, 1.165) is 49.5 Å². The summed E-state index contributed by atoms with van der Waals surface area (Å²) in [5.74, 6) is 1.12. The maximum Gasteiger partial charge on any atom is 0.115 e. The molecule has 3 aliphatic carbocycles. The van der Waals surface area contributed by atoms with Gasteiger partial charge in [-0.15, -0.1) is 0 Å². The van der Waals surface area contributed by atoms with Crippen molar-refractivity contribution in [3.05, 3.63) is 46.3 Å². The molecule has 6 rings (SSSR count). The Morgan fingerprint density at radius 1 is 1.23 bits per heavy atom. The van der Waals surface area contributed by atoms with E-state index < -0.39 is 5.60 Å². The van der Waals surface area contributed by atoms with Crippen LogP contribution in [0.3, 0.4) is 0 Å². The second kappa shape index (κ2) is 6.10. The first-order valence-electron chi connectivity index (χ1n) is 11.7. The Labute approximate surface area is 178 Å². The number of likely N-dealkylation sites (tertiary alicyclic amines) is 1. The molecule has 0 spiro atoms. The third-order valence-electron chi connectivity index (χ3n) is 8.62. The summed E-state index contributed by atoms with van der Waals surface area (Å²) in [6, 6.07) is 6.29. The normalized spacial score (nSPS) is 32.6. The molecule has 2 bridgehead atoms. The Morgan fingerprint density at radius 2 is 2.03 bits per heavy atom. The van der Waals surface area contributed by atoms with Crippen LogP contribution in [0.1, 0.15) is 67.2 Å². The third-order valence-corrected chi connectivity index (χ3v) is 8.62. The molecule has 160 valence electrons. The maximum atomic E-state index is 12.6. The van der Waals surface area contributed by atoms with Gasteiger partial charge in [0.05, 0.1) is 11.3 Å². The van der Waals surface area contributed by atoms with E-state index in [1.54, 1.807) is 0 Å². The van der Waals surface area contributed by atoms with Gasteiger partial charge in [-0.1, -0.05) is 6.07 Å². The first kappa shape index (κ1) is 18.9. The molecule has 1 aromatic heterocycles. The van der Waals surface area contributed by atoms with Gasteiger partial charge in [-0.3, -0.25) is 9.58 Å². The molecule has 1 aliphatic heterocycles. The molecule has 3 atom stereocenters. The number of hydrogen-bond donors (Lipinski definition) is 2. The Bertz CT molecular complexity index is 1020. The molecule has 5 nitrogen and oxygen atoms in total. The van der Waals surface area contributed by atoms with E-state index in [2.05, 4.69) is 36.4 Å². The minimum Gasteiger partial charge on any atom is -0.508 e. The van der Waals surface area contributed by atoms with Gasteiger partial charge >= 0.3 is 0 Å². The van der Waals surface area contributed by atoms with Crippen molar-refractivity contribution in [1.29, 1.82) is 0 Å². The molecule has 2 heterocycles. The standard InChI is InChI=1S/C25H33N3O2/c1-15(2)28-16(3)20-12-25(30)23-10-18-6-7-19(29)11-21(18)24(25,13-22(20)26-28)8-9-27(23)14-17-4-5-17/h6-7,11,15,17,23,29-30H,4-5,8-10,12-14H2,1-3H3/t23-,24-,25-/m1/s1. The highest BCUT2D eigenvalue weighted by atomic mass is 16.3. The van der Waals surface area contributed by atoms with Gasteiger partial charge in [-0.05, 0) is 87.7 Å². The van der Waals surface area contributed by atoms with Crippen LogP contribution in [0, 0.1) is 12.8 Å². The number of benzene rings is 1. The van der Waals surface area contributed by atoms with E-state index in [1.807, 2.05) is 12.1 Å². The number of phenolic OH excluding ortho intramolecular Hbond substituents is 1. The predicted molar refractivity (Wildman–Crippen MR) is 116 cm³/mol. The Morgan fingerprint density at radius 3 is 2.77 bits per heavy atom. The highest BCUT2D eigenvalue weighted by Crippen LogP contribution is 2.58. The third kappa shape index (κ3) is 2.39. The molecule has 0 amide bonds. The van der Waals surface area contributed by atoms with Gasteiger partial charge in [0, 0.05) is 42.6 Å². The topological polar surface area (TPSA) is 61.5 Å². The predicted octanol–water partition coefficient (Wildman–Crippen LogP) is 3.29. The summed E-state index contributed by atoms with van der Waals surface area (Å²) in [6.45, 7) is 8.65. The molecular weight excluding hydrogens is 374 g/mol. The van der Waals surface area contributed by atoms with Gasteiger partial charge in [0.2, 0.25) is 0 Å². The van der Waals surface area contributed by atoms with Crippen molar-refractivity contribution in [3.63, 3.8) is 0 Å². The SMILES string of the molecule is Cc1c2c(nn1C(C)C)C[C@]13CCN(CC4CC4)[C@H](Cc4ccc(O)cc41)[C@]3(O)C2. The van der Waals surface area contributed by atoms with Crippen molar-refractivity contribution in [3.8, 4) is 5.75 Å². The summed E-state index contributed by atoms with van der Waals surface area (Å²) in [6.07, 6.45) is 5.90. The molecular formula is C25H33N3O2. The van der Waals surface area contributed by atoms with Crippen molar-refractivity contribution >= 4 is 0 Å². The smallest absolute Gasteiger partial charge is 0.115 e. The molecule has 1 saturated carbocycles. The summed E-state index contributed by atoms with van der Waals surface area (Å²) < 4.78 is 2.14. The number of piperidine rings is 1. The first-order chi connectivity index (χ1) is 14.3. The summed E-state index contributed by atoms with van der Waals surface area (Å²) in [5, 5.41) is 27.9. The number of rotatable bonds is 3. The van der Waals surface area contributed by atoms with Crippen LogP contribution < -0.4 is 0 Å². The van der Waals surface area contributed by atoms with Crippen LogP contribution in [0.25, 0.3) is 0 Å². The fourth-order valence-electron chi connectivity index (χ4n) is 6.91. The Hall–Kier alpha value is -1.85. The van der Waals surface area contributed by atoms with Crippen LogP contribution in [-0.4, -0.2) is 49.6 Å². The van der Waals surface area contributed by atoms with E-state index >= 15 is 0 Å². The van der Waals surface area contributed by atoms with Crippen LogP contribution in [-0.2, 0) is 24.7 Å². The fourth-order valence-corrected chi connectivity index (χ4v) is 6.91. The number of phenols is 1. The van der Waals surface area contributed by atoms with Crippen molar-refractivity contribution in [1.82, 2.24) is 14.7 Å². The fraction of sp³-hybridized carbons (Fsp3) is 0.640. The zero-order valence-corrected chi connectivity index (χ0v) is 18.4. The van der Waals surface area contributed by atoms with Gasteiger partial charge in [-0.2, -0.15) is 5.10 Å². The van der Waals surface area contributed by atoms with Gasteiger partial charge in [0.25, 0.3) is 0 Å². The minimum atomic E-state index is -0.816. The first-order valence-corrected chi connectivity index (χ1v) is 11.7. The number of fused-ring (bicyclic) bond motifs is 2. The summed E-state index contributed by atoms with van der Waals surface area (Å²) in [7, 11) is 0. The van der Waals surface area contributed by atoms with Crippen LogP contribution in [0.5, 0.6) is 5.75 Å². The molecule has 0 unspecified atom stereocenters. The second-order valence-electron chi connectivity index (χ2n) is 10.7. The van der Waals surface area contributed by atoms with Crippen molar-refractivity contribution in [2.75, 3.05) is 13.1 Å². The monoisotopic (exact) mass is 407 g/mol. The van der Waals surface area contributed by atoms with Crippen molar-refractivity contribution < 1.29 is 10.2 Å². The van der Waals surface area contributed by atoms with Crippen molar-refractivity contribution in [2.24, 2.45) is 5.92 Å². The van der Waals surface area contributed by atoms with Crippen LogP contribution in [0.4, 0.5) is 0 Å². The molecule has 0 radical (unpaired) electrons. The van der Waals surface area contributed by atoms with Gasteiger partial charge in [0.15, 0.2) is 0 Å². The summed E-state index contributed by atoms with van der Waals surface area (Å²) in [5.41, 5.74) is 4.89. The number of hydrogen-bond acceptors (Lipinski definition) is 4. The largest absolute Gasteiger partial charge is 0.508 e. The quantitative estimate of drug-likeness (QED) is 0.820. The number of aromatic hydroxyl groups is 1. The van der Waals surface area contributed by atoms with E-state index in [0.29, 0.717) is 18.2 Å². The lowest BCUT2D eigenvalue weighted by atomic mass is 9.49. The average molecular weight is 408 g/mol. The van der Waals surface area contributed by atoms with E-state index in [1.165, 1.54) is 29.7 Å². The zero-order valence-electron chi connectivity index (χ0n) is 18.4. The van der Waals surface area contributed by atoms with Crippen LogP contribution in [0.15, 0.2) is 18.2 Å². The lowest BCUT2D eigenvalue weighted by molar-refractivity contribution is -0.152. The summed E-state index contributed by atoms with van der Waals surface area (Å²) in [4.78, 5) is 2.60. The molecule has 1 aromatic carbocycles. The van der Waals surface area contributed by atoms with Crippen LogP contribution in [0.2, 0.25) is 0 Å². The Kier molecular flexibility index (Phi) is 3.84. The number of aromatic nitrogens is 2. The lowest BCUT2D eigenvalue weighted by Crippen LogP contribution is -2.74. The minimum absolute atomic E-state index is 0.138. The van der Waals surface area contributed by atoms with Crippen molar-refractivity contribution in [2.45, 2.75) is 82.4 Å². The van der Waals surface area contributed by atoms with E-state index in [4.69, 9.17) is 5.10 Å². The molecule has 2 aromatic rings. The highest BCUT2D eigenvalue weighted by molar-refractivity contribution is 5.52. The molecule has 4 aliphatic rings. The van der Waals surface area contributed by atoms with Gasteiger partial charge in [-0.25, -0.2) is 0 Å². The molecule has 2 N–H and O–H groups in total.